The van der Waals surface area contributed by atoms with Gasteiger partial charge in [0.15, 0.2) is 0 Å². The maximum absolute atomic E-state index is 13.0. The Morgan fingerprint density at radius 1 is 1.03 bits per heavy atom. The van der Waals surface area contributed by atoms with Crippen LogP contribution >= 0.6 is 0 Å². The highest BCUT2D eigenvalue weighted by molar-refractivity contribution is 5.97. The van der Waals surface area contributed by atoms with E-state index in [-0.39, 0.29) is 22.9 Å². The van der Waals surface area contributed by atoms with Gasteiger partial charge in [0.1, 0.15) is 11.2 Å². The van der Waals surface area contributed by atoms with Crippen LogP contribution in [-0.4, -0.2) is 32.6 Å². The number of pyridine rings is 2. The summed E-state index contributed by atoms with van der Waals surface area (Å²) in [5.41, 5.74) is 2.52. The summed E-state index contributed by atoms with van der Waals surface area (Å²) in [4.78, 5) is 41.9. The highest BCUT2D eigenvalue weighted by Gasteiger charge is 2.29. The van der Waals surface area contributed by atoms with Crippen LogP contribution in [0.5, 0.6) is 0 Å². The van der Waals surface area contributed by atoms with Crippen molar-refractivity contribution < 1.29 is 14.7 Å². The van der Waals surface area contributed by atoms with Crippen molar-refractivity contribution in [2.75, 3.05) is 0 Å². The molecule has 0 atom stereocenters. The van der Waals surface area contributed by atoms with E-state index in [1.807, 2.05) is 48.5 Å². The van der Waals surface area contributed by atoms with Gasteiger partial charge in [-0.15, -0.1) is 0 Å². The molecule has 1 amide bonds. The summed E-state index contributed by atoms with van der Waals surface area (Å²) >= 11 is 0. The monoisotopic (exact) mass is 467 g/mol. The number of aromatic nitrogens is 2. The molecular weight excluding hydrogens is 442 g/mol. The summed E-state index contributed by atoms with van der Waals surface area (Å²) in [6.45, 7) is 3.35. The molecule has 2 heterocycles. The van der Waals surface area contributed by atoms with Gasteiger partial charge < -0.3 is 15.0 Å². The SMILES string of the molecule is CC(C)(C(=O)O)c1ccc(-c2cccc(-n3cc(C(=O)NC4CC4)c(=O)c4cccnc43)c2)cc1. The van der Waals surface area contributed by atoms with Crippen LogP contribution in [0.4, 0.5) is 0 Å². The smallest absolute Gasteiger partial charge is 0.313 e. The van der Waals surface area contributed by atoms with Crippen LogP contribution in [0.15, 0.2) is 77.9 Å². The summed E-state index contributed by atoms with van der Waals surface area (Å²) in [7, 11) is 0. The van der Waals surface area contributed by atoms with Gasteiger partial charge in [0.2, 0.25) is 5.43 Å². The normalized spacial score (nSPS) is 13.5. The fourth-order valence-corrected chi connectivity index (χ4v) is 4.05. The molecule has 0 saturated heterocycles. The minimum absolute atomic E-state index is 0.0862. The second kappa shape index (κ2) is 8.51. The molecule has 2 aromatic carbocycles. The maximum Gasteiger partial charge on any atom is 0.313 e. The molecule has 0 aliphatic heterocycles. The number of carboxylic acid groups (broad SMARTS) is 1. The number of amides is 1. The third-order valence-corrected chi connectivity index (χ3v) is 6.52. The lowest BCUT2D eigenvalue weighted by Gasteiger charge is -2.20. The Morgan fingerprint density at radius 2 is 1.77 bits per heavy atom. The van der Waals surface area contributed by atoms with Gasteiger partial charge in [0, 0.05) is 24.1 Å². The summed E-state index contributed by atoms with van der Waals surface area (Å²) in [6, 6.07) is 18.7. The van der Waals surface area contributed by atoms with Crippen molar-refractivity contribution in [2.45, 2.75) is 38.1 Å². The zero-order chi connectivity index (χ0) is 24.7. The number of carboxylic acids is 1. The minimum Gasteiger partial charge on any atom is -0.481 e. The Balaban J connectivity index is 1.59. The van der Waals surface area contributed by atoms with Crippen LogP contribution in [0.1, 0.15) is 42.6 Å². The van der Waals surface area contributed by atoms with Gasteiger partial charge in [-0.25, -0.2) is 4.98 Å². The van der Waals surface area contributed by atoms with Crippen molar-refractivity contribution >= 4 is 22.9 Å². The van der Waals surface area contributed by atoms with Crippen molar-refractivity contribution in [1.29, 1.82) is 0 Å². The number of aliphatic carboxylic acids is 1. The van der Waals surface area contributed by atoms with E-state index in [0.717, 1.165) is 29.7 Å². The largest absolute Gasteiger partial charge is 0.481 e. The van der Waals surface area contributed by atoms with E-state index in [1.165, 1.54) is 0 Å². The molecule has 5 rings (SSSR count). The number of rotatable bonds is 6. The number of nitrogens with zero attached hydrogens (tertiary/aromatic N) is 2. The molecular formula is C28H25N3O4. The average molecular weight is 468 g/mol. The first-order valence-electron chi connectivity index (χ1n) is 11.5. The Bertz CT molecular complexity index is 1520. The topological polar surface area (TPSA) is 101 Å². The number of carbonyl (C=O) groups excluding carboxylic acids is 1. The third-order valence-electron chi connectivity index (χ3n) is 6.52. The Hall–Kier alpha value is -4.26. The van der Waals surface area contributed by atoms with Crippen LogP contribution in [0.2, 0.25) is 0 Å². The predicted molar refractivity (Wildman–Crippen MR) is 134 cm³/mol. The Kier molecular flexibility index (Phi) is 5.47. The fourth-order valence-electron chi connectivity index (χ4n) is 4.05. The molecule has 1 aliphatic rings. The average Bonchev–Trinajstić information content (AvgIpc) is 3.68. The first-order valence-corrected chi connectivity index (χ1v) is 11.5. The second-order valence-corrected chi connectivity index (χ2v) is 9.42. The molecule has 0 radical (unpaired) electrons. The van der Waals surface area contributed by atoms with Gasteiger partial charge in [-0.2, -0.15) is 0 Å². The number of carbonyl (C=O) groups is 2. The van der Waals surface area contributed by atoms with E-state index in [1.54, 1.807) is 42.9 Å². The molecule has 1 aliphatic carbocycles. The first kappa shape index (κ1) is 22.5. The number of benzene rings is 2. The van der Waals surface area contributed by atoms with Crippen LogP contribution in [0.3, 0.4) is 0 Å². The zero-order valence-corrected chi connectivity index (χ0v) is 19.5. The number of nitrogens with one attached hydrogen (secondary N) is 1. The van der Waals surface area contributed by atoms with E-state index >= 15 is 0 Å². The van der Waals surface area contributed by atoms with Crippen LogP contribution < -0.4 is 10.7 Å². The molecule has 0 spiro atoms. The molecule has 7 heteroatoms. The quantitative estimate of drug-likeness (QED) is 0.440. The van der Waals surface area contributed by atoms with E-state index in [4.69, 9.17) is 0 Å². The molecule has 1 saturated carbocycles. The zero-order valence-electron chi connectivity index (χ0n) is 19.5. The third kappa shape index (κ3) is 4.21. The van der Waals surface area contributed by atoms with Crippen LogP contribution in [-0.2, 0) is 10.2 Å². The van der Waals surface area contributed by atoms with E-state index in [2.05, 4.69) is 10.3 Å². The molecule has 4 aromatic rings. The lowest BCUT2D eigenvalue weighted by Crippen LogP contribution is -2.31. The highest BCUT2D eigenvalue weighted by atomic mass is 16.4. The standard InChI is InChI=1S/C28H25N3O4/c1-28(2,27(34)35)19-10-8-17(9-11-19)18-5-3-6-21(15-18)31-16-23(26(33)30-20-12-13-20)24(32)22-7-4-14-29-25(22)31/h3-11,14-16,20H,12-13H2,1-2H3,(H,30,33)(H,34,35). The van der Waals surface area contributed by atoms with Gasteiger partial charge in [0.05, 0.1) is 10.8 Å². The van der Waals surface area contributed by atoms with Crippen molar-refractivity contribution in [3.63, 3.8) is 0 Å². The van der Waals surface area contributed by atoms with Crippen molar-refractivity contribution in [2.24, 2.45) is 0 Å². The summed E-state index contributed by atoms with van der Waals surface area (Å²) in [5.74, 6) is -1.25. The summed E-state index contributed by atoms with van der Waals surface area (Å²) < 4.78 is 1.77. The van der Waals surface area contributed by atoms with Gasteiger partial charge in [-0.3, -0.25) is 14.4 Å². The molecule has 35 heavy (non-hydrogen) atoms. The lowest BCUT2D eigenvalue weighted by atomic mass is 9.84. The lowest BCUT2D eigenvalue weighted by molar-refractivity contribution is -0.142. The molecule has 176 valence electrons. The number of fused-ring (bicyclic) bond motifs is 1. The van der Waals surface area contributed by atoms with Gasteiger partial charge in [-0.05, 0) is 67.6 Å². The van der Waals surface area contributed by atoms with Crippen LogP contribution in [0, 0.1) is 0 Å². The van der Waals surface area contributed by atoms with Crippen molar-refractivity contribution in [3.8, 4) is 16.8 Å². The van der Waals surface area contributed by atoms with E-state index < -0.39 is 11.4 Å². The van der Waals surface area contributed by atoms with Crippen molar-refractivity contribution in [1.82, 2.24) is 14.9 Å². The molecule has 0 unspecified atom stereocenters. The van der Waals surface area contributed by atoms with Gasteiger partial charge >= 0.3 is 5.97 Å². The Morgan fingerprint density at radius 3 is 2.46 bits per heavy atom. The van der Waals surface area contributed by atoms with Gasteiger partial charge in [-0.1, -0.05) is 36.4 Å². The Labute approximate surface area is 202 Å². The predicted octanol–water partition coefficient (Wildman–Crippen LogP) is 4.31. The first-order chi connectivity index (χ1) is 16.8. The van der Waals surface area contributed by atoms with Gasteiger partial charge in [0.25, 0.3) is 5.91 Å². The fraction of sp³-hybridized carbons (Fsp3) is 0.214. The second-order valence-electron chi connectivity index (χ2n) is 9.42. The number of hydrogen-bond acceptors (Lipinski definition) is 4. The van der Waals surface area contributed by atoms with E-state index in [0.29, 0.717) is 16.6 Å². The molecule has 1 fully saturated rings. The minimum atomic E-state index is -0.988. The molecule has 2 aromatic heterocycles. The summed E-state index contributed by atoms with van der Waals surface area (Å²) in [6.07, 6.45) is 5.04. The molecule has 0 bridgehead atoms. The summed E-state index contributed by atoms with van der Waals surface area (Å²) in [5, 5.41) is 12.8. The van der Waals surface area contributed by atoms with Crippen LogP contribution in [0.25, 0.3) is 27.8 Å². The maximum atomic E-state index is 13.0. The van der Waals surface area contributed by atoms with E-state index in [9.17, 15) is 19.5 Å². The molecule has 2 N–H and O–H groups in total. The molecule has 7 nitrogen and oxygen atoms in total. The van der Waals surface area contributed by atoms with Crippen molar-refractivity contribution in [3.05, 3.63) is 94.4 Å². The number of hydrogen-bond donors (Lipinski definition) is 2. The highest BCUT2D eigenvalue weighted by Crippen LogP contribution is 2.28.